The lowest BCUT2D eigenvalue weighted by molar-refractivity contribution is 0.456. The highest BCUT2D eigenvalue weighted by Crippen LogP contribution is 2.34. The molecule has 0 aliphatic carbocycles. The van der Waals surface area contributed by atoms with Crippen molar-refractivity contribution in [2.75, 3.05) is 0 Å². The predicted octanol–water partition coefficient (Wildman–Crippen LogP) is 1.95. The molecule has 4 nitrogen and oxygen atoms in total. The van der Waals surface area contributed by atoms with Crippen molar-refractivity contribution in [2.24, 2.45) is 0 Å². The second-order valence-corrected chi connectivity index (χ2v) is 5.74. The minimum Gasteiger partial charge on any atom is -0.505 e. The fraction of sp³-hybridized carbons (Fsp3) is 0. The molecule has 1 aromatic carbocycles. The third-order valence-electron chi connectivity index (χ3n) is 1.42. The average molecular weight is 297 g/mol. The Morgan fingerprint density at radius 1 is 1.50 bits per heavy atom. The van der Waals surface area contributed by atoms with Gasteiger partial charge in [-0.3, -0.25) is 0 Å². The molecule has 0 bridgehead atoms. The third-order valence-corrected chi connectivity index (χ3v) is 3.36. The Bertz CT molecular complexity index is 520. The number of phenols is 1. The Morgan fingerprint density at radius 3 is 2.50 bits per heavy atom. The fourth-order valence-corrected chi connectivity index (χ4v) is 2.38. The molecule has 0 amide bonds. The van der Waals surface area contributed by atoms with Crippen LogP contribution in [-0.2, 0) is 9.05 Å². The van der Waals surface area contributed by atoms with Crippen LogP contribution in [0.3, 0.4) is 0 Å². The minimum absolute atomic E-state index is 0.0916. The number of benzene rings is 1. The van der Waals surface area contributed by atoms with Crippen molar-refractivity contribution in [1.82, 2.24) is 0 Å². The van der Waals surface area contributed by atoms with E-state index in [0.717, 1.165) is 6.07 Å². The van der Waals surface area contributed by atoms with Gasteiger partial charge in [0.15, 0.2) is 0 Å². The Morgan fingerprint density at radius 2 is 2.07 bits per heavy atom. The summed E-state index contributed by atoms with van der Waals surface area (Å²) in [5, 5.41) is 17.9. The van der Waals surface area contributed by atoms with E-state index >= 15 is 0 Å². The molecule has 0 aliphatic heterocycles. The molecule has 0 fully saturated rings. The minimum atomic E-state index is -4.05. The van der Waals surface area contributed by atoms with E-state index in [9.17, 15) is 13.5 Å². The summed E-state index contributed by atoms with van der Waals surface area (Å²) in [6, 6.07) is 4.04. The Labute approximate surface area is 93.3 Å². The molecular weight excluding hydrogens is 294 g/mol. The maximum absolute atomic E-state index is 10.9. The molecule has 14 heavy (non-hydrogen) atoms. The highest BCUT2D eigenvalue weighted by atomic mass is 79.9. The van der Waals surface area contributed by atoms with E-state index in [0.29, 0.717) is 0 Å². The second kappa shape index (κ2) is 3.77. The molecule has 0 aromatic heterocycles. The maximum Gasteiger partial charge on any atom is 0.265 e. The van der Waals surface area contributed by atoms with Crippen molar-refractivity contribution in [3.05, 3.63) is 22.2 Å². The van der Waals surface area contributed by atoms with Gasteiger partial charge in [0.25, 0.3) is 9.05 Å². The van der Waals surface area contributed by atoms with Gasteiger partial charge in [-0.15, -0.1) is 0 Å². The number of hydrogen-bond donors (Lipinski definition) is 1. The largest absolute Gasteiger partial charge is 0.505 e. The van der Waals surface area contributed by atoms with Crippen molar-refractivity contribution < 1.29 is 13.5 Å². The molecule has 0 saturated heterocycles. The number of rotatable bonds is 1. The van der Waals surface area contributed by atoms with Gasteiger partial charge in [-0.2, -0.15) is 5.26 Å². The Hall–Kier alpha value is -0.770. The van der Waals surface area contributed by atoms with Gasteiger partial charge in [0.05, 0.1) is 16.1 Å². The second-order valence-electron chi connectivity index (χ2n) is 2.35. The fourth-order valence-electron chi connectivity index (χ4n) is 0.824. The number of nitriles is 1. The number of nitrogens with zero attached hydrogens (tertiary/aromatic N) is 1. The van der Waals surface area contributed by atoms with Gasteiger partial charge in [-0.25, -0.2) is 8.42 Å². The molecule has 74 valence electrons. The average Bonchev–Trinajstić information content (AvgIpc) is 2.07. The van der Waals surface area contributed by atoms with Crippen LogP contribution in [0.5, 0.6) is 5.75 Å². The van der Waals surface area contributed by atoms with Crippen LogP contribution in [0.4, 0.5) is 0 Å². The van der Waals surface area contributed by atoms with E-state index in [-0.39, 0.29) is 10.0 Å². The van der Waals surface area contributed by atoms with Crippen molar-refractivity contribution in [1.29, 1.82) is 5.26 Å². The maximum atomic E-state index is 10.9. The van der Waals surface area contributed by atoms with Crippen molar-refractivity contribution in [2.45, 2.75) is 4.90 Å². The van der Waals surface area contributed by atoms with Gasteiger partial charge in [0, 0.05) is 10.7 Å². The van der Waals surface area contributed by atoms with Crippen LogP contribution < -0.4 is 0 Å². The molecule has 1 rings (SSSR count). The van der Waals surface area contributed by atoms with E-state index in [2.05, 4.69) is 15.9 Å². The summed E-state index contributed by atoms with van der Waals surface area (Å²) >= 11 is 2.91. The first-order valence-electron chi connectivity index (χ1n) is 3.23. The Balaban J connectivity index is 3.61. The van der Waals surface area contributed by atoms with Gasteiger partial charge in [-0.05, 0) is 28.1 Å². The van der Waals surface area contributed by atoms with Gasteiger partial charge in [0.2, 0.25) is 0 Å². The Kier molecular flexibility index (Phi) is 3.04. The molecule has 0 heterocycles. The zero-order chi connectivity index (χ0) is 10.9. The van der Waals surface area contributed by atoms with E-state index in [4.69, 9.17) is 15.9 Å². The smallest absolute Gasteiger partial charge is 0.265 e. The van der Waals surface area contributed by atoms with E-state index < -0.39 is 19.7 Å². The molecule has 1 N–H and O–H groups in total. The molecule has 0 saturated carbocycles. The number of hydrogen-bond acceptors (Lipinski definition) is 4. The zero-order valence-corrected chi connectivity index (χ0v) is 9.69. The molecule has 0 spiro atoms. The number of halogens is 2. The zero-order valence-electron chi connectivity index (χ0n) is 6.53. The van der Waals surface area contributed by atoms with Crippen molar-refractivity contribution in [3.8, 4) is 11.8 Å². The summed E-state index contributed by atoms with van der Waals surface area (Å²) in [4.78, 5) is -0.481. The normalized spacial score (nSPS) is 10.9. The van der Waals surface area contributed by atoms with Crippen LogP contribution >= 0.6 is 26.6 Å². The molecule has 0 radical (unpaired) electrons. The van der Waals surface area contributed by atoms with Crippen LogP contribution in [0.1, 0.15) is 5.56 Å². The van der Waals surface area contributed by atoms with Crippen LogP contribution in [0, 0.1) is 11.3 Å². The molecule has 1 aromatic rings. The topological polar surface area (TPSA) is 78.2 Å². The van der Waals surface area contributed by atoms with Gasteiger partial charge in [0.1, 0.15) is 10.6 Å². The quantitative estimate of drug-likeness (QED) is 0.804. The molecule has 0 unspecified atom stereocenters. The van der Waals surface area contributed by atoms with Gasteiger partial charge in [-0.1, -0.05) is 0 Å². The highest BCUT2D eigenvalue weighted by Gasteiger charge is 2.18. The molecular formula is C7H3BrClNO3S. The highest BCUT2D eigenvalue weighted by molar-refractivity contribution is 9.10. The molecule has 0 aliphatic rings. The monoisotopic (exact) mass is 295 g/mol. The van der Waals surface area contributed by atoms with E-state index in [1.54, 1.807) is 6.07 Å². The van der Waals surface area contributed by atoms with E-state index in [1.165, 1.54) is 6.07 Å². The number of aromatic hydroxyl groups is 1. The van der Waals surface area contributed by atoms with E-state index in [1.807, 2.05) is 0 Å². The third kappa shape index (κ3) is 2.18. The lowest BCUT2D eigenvalue weighted by Crippen LogP contribution is -1.93. The van der Waals surface area contributed by atoms with Crippen LogP contribution in [0.15, 0.2) is 21.5 Å². The van der Waals surface area contributed by atoms with Crippen LogP contribution in [-0.4, -0.2) is 13.5 Å². The summed E-state index contributed by atoms with van der Waals surface area (Å²) in [6.45, 7) is 0. The summed E-state index contributed by atoms with van der Waals surface area (Å²) in [7, 11) is 0.999. The summed E-state index contributed by atoms with van der Waals surface area (Å²) in [5.41, 5.74) is 0.0916. The molecule has 7 heteroatoms. The predicted molar refractivity (Wildman–Crippen MR) is 53.6 cm³/mol. The first kappa shape index (κ1) is 11.3. The SMILES string of the molecule is N#Cc1cc(Br)c(O)c(S(=O)(=O)Cl)c1. The summed E-state index contributed by atoms with van der Waals surface area (Å²) < 4.78 is 22.0. The van der Waals surface area contributed by atoms with Crippen LogP contribution in [0.2, 0.25) is 0 Å². The van der Waals surface area contributed by atoms with Crippen molar-refractivity contribution >= 4 is 35.7 Å². The van der Waals surface area contributed by atoms with Crippen LogP contribution in [0.25, 0.3) is 0 Å². The lowest BCUT2D eigenvalue weighted by Gasteiger charge is -2.02. The number of phenolic OH excluding ortho intramolecular Hbond substituents is 1. The lowest BCUT2D eigenvalue weighted by atomic mass is 10.2. The van der Waals surface area contributed by atoms with Gasteiger partial charge < -0.3 is 5.11 Å². The summed E-state index contributed by atoms with van der Waals surface area (Å²) in [6.07, 6.45) is 0. The first-order valence-corrected chi connectivity index (χ1v) is 6.33. The van der Waals surface area contributed by atoms with Crippen molar-refractivity contribution in [3.63, 3.8) is 0 Å². The summed E-state index contributed by atoms with van der Waals surface area (Å²) in [5.74, 6) is -0.501. The first-order chi connectivity index (χ1) is 6.36. The standard InChI is InChI=1S/C7H3BrClNO3S/c8-5-1-4(3-10)2-6(7(5)11)14(9,12)13/h1-2,11H. The van der Waals surface area contributed by atoms with Gasteiger partial charge >= 0.3 is 0 Å². The molecule has 0 atom stereocenters.